The Hall–Kier alpha value is -1.72. The Bertz CT molecular complexity index is 857. The molecule has 0 amide bonds. The molecule has 0 atom stereocenters. The monoisotopic (exact) mass is 288 g/mol. The van der Waals surface area contributed by atoms with Gasteiger partial charge in [0.05, 0.1) is 17.4 Å². The standard InChI is InChI=1S/C14H12N2OS2/c1-9-6-7-19-12(9)8-16-13(17)10-4-2-3-5-11(10)15-14(16)18/h2-7H,8H2,1H3,(H,15,18). The first-order valence-corrected chi connectivity index (χ1v) is 7.20. The van der Waals surface area contributed by atoms with Crippen LogP contribution in [-0.2, 0) is 6.54 Å². The molecule has 0 bridgehead atoms. The van der Waals surface area contributed by atoms with Gasteiger partial charge in [0.15, 0.2) is 4.77 Å². The second kappa shape index (κ2) is 4.75. The quantitative estimate of drug-likeness (QED) is 0.733. The molecule has 0 spiro atoms. The van der Waals surface area contributed by atoms with Gasteiger partial charge < -0.3 is 4.98 Å². The molecule has 3 aromatic rings. The van der Waals surface area contributed by atoms with Crippen molar-refractivity contribution in [2.24, 2.45) is 0 Å². The molecule has 0 aliphatic heterocycles. The summed E-state index contributed by atoms with van der Waals surface area (Å²) in [5.74, 6) is 0. The van der Waals surface area contributed by atoms with Crippen LogP contribution in [0, 0.1) is 11.7 Å². The van der Waals surface area contributed by atoms with Crippen LogP contribution in [0.15, 0.2) is 40.5 Å². The Balaban J connectivity index is 2.22. The maximum atomic E-state index is 12.5. The lowest BCUT2D eigenvalue weighted by Crippen LogP contribution is -2.22. The van der Waals surface area contributed by atoms with E-state index in [0.717, 1.165) is 10.4 Å². The number of fused-ring (bicyclic) bond motifs is 1. The highest BCUT2D eigenvalue weighted by molar-refractivity contribution is 7.71. The molecule has 0 fully saturated rings. The van der Waals surface area contributed by atoms with Crippen molar-refractivity contribution in [2.45, 2.75) is 13.5 Å². The average molecular weight is 288 g/mol. The topological polar surface area (TPSA) is 37.8 Å². The van der Waals surface area contributed by atoms with Crippen molar-refractivity contribution >= 4 is 34.5 Å². The van der Waals surface area contributed by atoms with Gasteiger partial charge in [-0.05, 0) is 48.3 Å². The van der Waals surface area contributed by atoms with Crippen molar-refractivity contribution in [1.29, 1.82) is 0 Å². The van der Waals surface area contributed by atoms with Crippen molar-refractivity contribution in [1.82, 2.24) is 9.55 Å². The van der Waals surface area contributed by atoms with Gasteiger partial charge in [-0.2, -0.15) is 0 Å². The summed E-state index contributed by atoms with van der Waals surface area (Å²) >= 11 is 6.94. The molecule has 0 radical (unpaired) electrons. The summed E-state index contributed by atoms with van der Waals surface area (Å²) in [4.78, 5) is 16.7. The van der Waals surface area contributed by atoms with E-state index in [2.05, 4.69) is 11.1 Å². The molecule has 2 heterocycles. The summed E-state index contributed by atoms with van der Waals surface area (Å²) in [6.45, 7) is 2.58. The Morgan fingerprint density at radius 1 is 1.32 bits per heavy atom. The minimum atomic E-state index is -0.0350. The second-order valence-electron chi connectivity index (χ2n) is 4.39. The number of H-pyrrole nitrogens is 1. The number of hydrogen-bond donors (Lipinski definition) is 1. The molecule has 3 nitrogen and oxygen atoms in total. The van der Waals surface area contributed by atoms with Gasteiger partial charge in [-0.15, -0.1) is 11.3 Å². The van der Waals surface area contributed by atoms with E-state index in [1.807, 2.05) is 36.6 Å². The van der Waals surface area contributed by atoms with E-state index in [0.29, 0.717) is 16.7 Å². The number of benzene rings is 1. The minimum absolute atomic E-state index is 0.0350. The zero-order chi connectivity index (χ0) is 13.4. The summed E-state index contributed by atoms with van der Waals surface area (Å²) in [7, 11) is 0. The third-order valence-electron chi connectivity index (χ3n) is 3.16. The molecular formula is C14H12N2OS2. The maximum Gasteiger partial charge on any atom is 0.262 e. The maximum absolute atomic E-state index is 12.5. The van der Waals surface area contributed by atoms with Crippen LogP contribution in [0.4, 0.5) is 0 Å². The number of aryl methyl sites for hydroxylation is 1. The predicted molar refractivity (Wildman–Crippen MR) is 81.6 cm³/mol. The van der Waals surface area contributed by atoms with Crippen molar-refractivity contribution < 1.29 is 0 Å². The van der Waals surface area contributed by atoms with E-state index in [9.17, 15) is 4.79 Å². The Morgan fingerprint density at radius 3 is 2.84 bits per heavy atom. The summed E-state index contributed by atoms with van der Waals surface area (Å²) in [5.41, 5.74) is 1.95. The van der Waals surface area contributed by atoms with Gasteiger partial charge in [-0.1, -0.05) is 12.1 Å². The molecule has 96 valence electrons. The third-order valence-corrected chi connectivity index (χ3v) is 4.49. The normalized spacial score (nSPS) is 11.0. The van der Waals surface area contributed by atoms with Crippen LogP contribution in [0.2, 0.25) is 0 Å². The SMILES string of the molecule is Cc1ccsc1Cn1c(=S)[nH]c2ccccc2c1=O. The fourth-order valence-corrected chi connectivity index (χ4v) is 3.20. The van der Waals surface area contributed by atoms with Gasteiger partial charge in [0, 0.05) is 4.88 Å². The molecule has 0 saturated heterocycles. The number of nitrogens with one attached hydrogen (secondary N) is 1. The zero-order valence-electron chi connectivity index (χ0n) is 10.3. The first-order valence-electron chi connectivity index (χ1n) is 5.91. The van der Waals surface area contributed by atoms with E-state index >= 15 is 0 Å². The molecule has 0 aliphatic rings. The molecule has 19 heavy (non-hydrogen) atoms. The average Bonchev–Trinajstić information content (AvgIpc) is 2.80. The fraction of sp³-hybridized carbons (Fsp3) is 0.143. The number of aromatic amines is 1. The van der Waals surface area contributed by atoms with Crippen LogP contribution >= 0.6 is 23.6 Å². The van der Waals surface area contributed by atoms with Gasteiger partial charge in [-0.25, -0.2) is 0 Å². The highest BCUT2D eigenvalue weighted by atomic mass is 32.1. The summed E-state index contributed by atoms with van der Waals surface area (Å²) < 4.78 is 2.09. The Morgan fingerprint density at radius 2 is 2.11 bits per heavy atom. The molecule has 0 unspecified atom stereocenters. The second-order valence-corrected chi connectivity index (χ2v) is 5.78. The molecule has 1 aromatic carbocycles. The zero-order valence-corrected chi connectivity index (χ0v) is 12.0. The largest absolute Gasteiger partial charge is 0.332 e. The van der Waals surface area contributed by atoms with Crippen molar-refractivity contribution in [3.63, 3.8) is 0 Å². The number of rotatable bonds is 2. The first-order chi connectivity index (χ1) is 9.16. The Labute approximate surface area is 119 Å². The number of thiophene rings is 1. The van der Waals surface area contributed by atoms with Gasteiger partial charge >= 0.3 is 0 Å². The lowest BCUT2D eigenvalue weighted by molar-refractivity contribution is 0.741. The smallest absolute Gasteiger partial charge is 0.262 e. The molecular weight excluding hydrogens is 276 g/mol. The van der Waals surface area contributed by atoms with Gasteiger partial charge in [0.1, 0.15) is 0 Å². The van der Waals surface area contributed by atoms with Gasteiger partial charge in [0.25, 0.3) is 5.56 Å². The van der Waals surface area contributed by atoms with Crippen molar-refractivity contribution in [2.75, 3.05) is 0 Å². The Kier molecular flexibility index (Phi) is 3.08. The van der Waals surface area contributed by atoms with Crippen LogP contribution in [-0.4, -0.2) is 9.55 Å². The fourth-order valence-electron chi connectivity index (χ4n) is 2.05. The first kappa shape index (κ1) is 12.3. The van der Waals surface area contributed by atoms with E-state index in [1.165, 1.54) is 5.56 Å². The van der Waals surface area contributed by atoms with Crippen LogP contribution in [0.5, 0.6) is 0 Å². The minimum Gasteiger partial charge on any atom is -0.332 e. The highest BCUT2D eigenvalue weighted by Gasteiger charge is 2.07. The van der Waals surface area contributed by atoms with Crippen molar-refractivity contribution in [3.05, 3.63) is 61.3 Å². The number of aromatic nitrogens is 2. The van der Waals surface area contributed by atoms with E-state index in [4.69, 9.17) is 12.2 Å². The molecule has 1 N–H and O–H groups in total. The summed E-state index contributed by atoms with van der Waals surface area (Å²) in [6, 6.07) is 9.50. The predicted octanol–water partition coefficient (Wildman–Crippen LogP) is 3.48. The molecule has 2 aromatic heterocycles. The van der Waals surface area contributed by atoms with Crippen LogP contribution in [0.25, 0.3) is 10.9 Å². The van der Waals surface area contributed by atoms with Gasteiger partial charge in [0.2, 0.25) is 0 Å². The van der Waals surface area contributed by atoms with Crippen LogP contribution in [0.3, 0.4) is 0 Å². The number of nitrogens with zero attached hydrogens (tertiary/aromatic N) is 1. The van der Waals surface area contributed by atoms with Crippen LogP contribution < -0.4 is 5.56 Å². The molecule has 0 aliphatic carbocycles. The number of para-hydroxylation sites is 1. The molecule has 5 heteroatoms. The van der Waals surface area contributed by atoms with Crippen LogP contribution in [0.1, 0.15) is 10.4 Å². The number of hydrogen-bond acceptors (Lipinski definition) is 3. The highest BCUT2D eigenvalue weighted by Crippen LogP contribution is 2.17. The van der Waals surface area contributed by atoms with E-state index in [-0.39, 0.29) is 5.56 Å². The summed E-state index contributed by atoms with van der Waals surface area (Å²) in [6.07, 6.45) is 0. The lowest BCUT2D eigenvalue weighted by Gasteiger charge is -2.07. The third kappa shape index (κ3) is 2.15. The van der Waals surface area contributed by atoms with Crippen molar-refractivity contribution in [3.8, 4) is 0 Å². The van der Waals surface area contributed by atoms with Gasteiger partial charge in [-0.3, -0.25) is 9.36 Å². The molecule has 3 rings (SSSR count). The lowest BCUT2D eigenvalue weighted by atomic mass is 10.2. The van der Waals surface area contributed by atoms with E-state index in [1.54, 1.807) is 15.9 Å². The summed E-state index contributed by atoms with van der Waals surface area (Å²) in [5, 5.41) is 2.70. The molecule has 0 saturated carbocycles. The van der Waals surface area contributed by atoms with E-state index < -0.39 is 0 Å².